The second kappa shape index (κ2) is 5.17. The van der Waals surface area contributed by atoms with Crippen molar-refractivity contribution in [3.05, 3.63) is 28.6 Å². The molecule has 0 bridgehead atoms. The maximum absolute atomic E-state index is 12.6. The van der Waals surface area contributed by atoms with Crippen LogP contribution in [0.5, 0.6) is 0 Å². The zero-order chi connectivity index (χ0) is 14.8. The quantitative estimate of drug-likeness (QED) is 0.863. The Bertz CT molecular complexity index is 548. The van der Waals surface area contributed by atoms with E-state index in [-0.39, 0.29) is 0 Å². The van der Waals surface area contributed by atoms with Crippen LogP contribution < -0.4 is 0 Å². The topological polar surface area (TPSA) is 74.0 Å². The first kappa shape index (κ1) is 14.8. The van der Waals surface area contributed by atoms with E-state index in [9.17, 15) is 26.7 Å². The highest BCUT2D eigenvalue weighted by Gasteiger charge is 2.40. The molecule has 19 heavy (non-hydrogen) atoms. The average Bonchev–Trinajstić information content (AvgIpc) is 2.25. The van der Waals surface area contributed by atoms with Crippen molar-refractivity contribution in [1.82, 2.24) is 4.98 Å². The fourth-order valence-corrected chi connectivity index (χ4v) is 1.42. The largest absolute Gasteiger partial charge is 0.481 e. The Balaban J connectivity index is 3.55. The average molecular weight is 280 g/mol. The van der Waals surface area contributed by atoms with Crippen molar-refractivity contribution in [1.29, 1.82) is 5.26 Å². The van der Waals surface area contributed by atoms with Gasteiger partial charge in [-0.1, -0.05) is 0 Å². The van der Waals surface area contributed by atoms with E-state index >= 15 is 0 Å². The summed E-state index contributed by atoms with van der Waals surface area (Å²) < 4.78 is 63.0. The number of pyridine rings is 1. The van der Waals surface area contributed by atoms with Gasteiger partial charge in [-0.2, -0.15) is 18.4 Å². The van der Waals surface area contributed by atoms with Crippen molar-refractivity contribution >= 4 is 5.97 Å². The summed E-state index contributed by atoms with van der Waals surface area (Å²) in [6.07, 6.45) is -9.53. The number of aromatic nitrogens is 1. The smallest absolute Gasteiger partial charge is 0.419 e. The number of carbonyl (C=O) groups is 1. The zero-order valence-corrected chi connectivity index (χ0v) is 9.00. The van der Waals surface area contributed by atoms with Crippen molar-refractivity contribution in [3.8, 4) is 6.07 Å². The first-order valence-corrected chi connectivity index (χ1v) is 4.68. The van der Waals surface area contributed by atoms with Crippen LogP contribution in [0, 0.1) is 11.3 Å². The molecule has 0 atom stereocenters. The predicted octanol–water partition coefficient (Wildman–Crippen LogP) is 2.54. The lowest BCUT2D eigenvalue weighted by Crippen LogP contribution is -2.16. The van der Waals surface area contributed by atoms with E-state index in [1.54, 1.807) is 0 Å². The Morgan fingerprint density at radius 1 is 1.47 bits per heavy atom. The molecule has 0 aliphatic heterocycles. The van der Waals surface area contributed by atoms with Crippen molar-refractivity contribution < 1.29 is 31.9 Å². The second-order valence-electron chi connectivity index (χ2n) is 3.41. The zero-order valence-electron chi connectivity index (χ0n) is 9.00. The highest BCUT2D eigenvalue weighted by atomic mass is 19.4. The number of nitriles is 1. The van der Waals surface area contributed by atoms with Crippen LogP contribution in [0.15, 0.2) is 6.07 Å². The maximum atomic E-state index is 12.6. The first-order chi connectivity index (χ1) is 8.66. The number of carboxylic acid groups (broad SMARTS) is 1. The molecule has 0 aliphatic rings. The van der Waals surface area contributed by atoms with Crippen LogP contribution >= 0.6 is 0 Å². The molecule has 0 amide bonds. The third-order valence-corrected chi connectivity index (χ3v) is 2.06. The number of rotatable bonds is 3. The Morgan fingerprint density at radius 2 is 2.05 bits per heavy atom. The molecule has 4 nitrogen and oxygen atoms in total. The standard InChI is InChI=1S/C10H5F5N2O2/c11-9(12)5-1-4(2-7(18)19)17-6(3-16)8(5)10(13,14)15/h1,9H,2H2,(H,18,19). The number of nitrogens with zero attached hydrogens (tertiary/aromatic N) is 2. The SMILES string of the molecule is N#Cc1nc(CC(=O)O)cc(C(F)F)c1C(F)(F)F. The van der Waals surface area contributed by atoms with Gasteiger partial charge >= 0.3 is 12.1 Å². The summed E-state index contributed by atoms with van der Waals surface area (Å²) in [7, 11) is 0. The predicted molar refractivity (Wildman–Crippen MR) is 50.3 cm³/mol. The summed E-state index contributed by atoms with van der Waals surface area (Å²) in [6, 6.07) is 1.40. The van der Waals surface area contributed by atoms with Crippen molar-refractivity contribution in [2.75, 3.05) is 0 Å². The van der Waals surface area contributed by atoms with E-state index in [1.165, 1.54) is 0 Å². The van der Waals surface area contributed by atoms with Crippen molar-refractivity contribution in [2.45, 2.75) is 19.0 Å². The summed E-state index contributed by atoms with van der Waals surface area (Å²) in [5, 5.41) is 17.0. The van der Waals surface area contributed by atoms with Crippen molar-refractivity contribution in [2.24, 2.45) is 0 Å². The van der Waals surface area contributed by atoms with Gasteiger partial charge in [-0.25, -0.2) is 13.8 Å². The molecule has 1 N–H and O–H groups in total. The molecule has 1 rings (SSSR count). The number of carboxylic acids is 1. The lowest BCUT2D eigenvalue weighted by atomic mass is 10.0. The summed E-state index contributed by atoms with van der Waals surface area (Å²) in [5.74, 6) is -1.46. The maximum Gasteiger partial charge on any atom is 0.419 e. The monoisotopic (exact) mass is 280 g/mol. The molecule has 1 heterocycles. The second-order valence-corrected chi connectivity index (χ2v) is 3.41. The Labute approximate surface area is 103 Å². The van der Waals surface area contributed by atoms with Gasteiger partial charge in [-0.15, -0.1) is 0 Å². The molecule has 102 valence electrons. The van der Waals surface area contributed by atoms with Crippen LogP contribution in [-0.2, 0) is 17.4 Å². The number of hydrogen-bond donors (Lipinski definition) is 1. The lowest BCUT2D eigenvalue weighted by molar-refractivity contribution is -0.140. The molecular weight excluding hydrogens is 275 g/mol. The van der Waals surface area contributed by atoms with E-state index < -0.39 is 47.5 Å². The van der Waals surface area contributed by atoms with Gasteiger partial charge in [0.1, 0.15) is 11.6 Å². The van der Waals surface area contributed by atoms with E-state index in [0.29, 0.717) is 6.07 Å². The number of aliphatic carboxylic acids is 1. The molecule has 1 aromatic rings. The molecule has 0 spiro atoms. The molecule has 0 unspecified atom stereocenters. The molecule has 0 aromatic carbocycles. The minimum Gasteiger partial charge on any atom is -0.481 e. The summed E-state index contributed by atoms with van der Waals surface area (Å²) >= 11 is 0. The van der Waals surface area contributed by atoms with Crippen LogP contribution in [0.3, 0.4) is 0 Å². The van der Waals surface area contributed by atoms with Crippen LogP contribution in [0.2, 0.25) is 0 Å². The van der Waals surface area contributed by atoms with Gasteiger partial charge < -0.3 is 5.11 Å². The Hall–Kier alpha value is -2.24. The number of halogens is 5. The first-order valence-electron chi connectivity index (χ1n) is 4.68. The summed E-state index contributed by atoms with van der Waals surface area (Å²) in [4.78, 5) is 13.5. The van der Waals surface area contributed by atoms with E-state index in [1.807, 2.05) is 0 Å². The minimum atomic E-state index is -5.18. The fraction of sp³-hybridized carbons (Fsp3) is 0.300. The normalized spacial score (nSPS) is 11.4. The highest BCUT2D eigenvalue weighted by molar-refractivity contribution is 5.69. The van der Waals surface area contributed by atoms with Gasteiger partial charge in [0.25, 0.3) is 6.43 Å². The molecule has 0 saturated heterocycles. The van der Waals surface area contributed by atoms with Crippen LogP contribution in [0.25, 0.3) is 0 Å². The van der Waals surface area contributed by atoms with Crippen molar-refractivity contribution in [3.63, 3.8) is 0 Å². The third kappa shape index (κ3) is 3.37. The van der Waals surface area contributed by atoms with Gasteiger partial charge in [-0.3, -0.25) is 4.79 Å². The summed E-state index contributed by atoms with van der Waals surface area (Å²) in [5.41, 5.74) is -5.08. The summed E-state index contributed by atoms with van der Waals surface area (Å²) in [6.45, 7) is 0. The number of hydrogen-bond acceptors (Lipinski definition) is 3. The lowest BCUT2D eigenvalue weighted by Gasteiger charge is -2.14. The van der Waals surface area contributed by atoms with Gasteiger partial charge in [0, 0.05) is 5.56 Å². The third-order valence-electron chi connectivity index (χ3n) is 2.06. The molecule has 0 fully saturated rings. The molecule has 0 saturated carbocycles. The molecule has 1 aromatic heterocycles. The molecule has 9 heteroatoms. The van der Waals surface area contributed by atoms with E-state index in [0.717, 1.165) is 6.07 Å². The van der Waals surface area contributed by atoms with Crippen LogP contribution in [-0.4, -0.2) is 16.1 Å². The van der Waals surface area contributed by atoms with Gasteiger partial charge in [0.05, 0.1) is 12.1 Å². The van der Waals surface area contributed by atoms with E-state index in [4.69, 9.17) is 10.4 Å². The van der Waals surface area contributed by atoms with Gasteiger partial charge in [0.15, 0.2) is 5.69 Å². The van der Waals surface area contributed by atoms with Crippen LogP contribution in [0.1, 0.15) is 28.9 Å². The van der Waals surface area contributed by atoms with Gasteiger partial charge in [0.2, 0.25) is 0 Å². The Kier molecular flexibility index (Phi) is 4.04. The number of alkyl halides is 5. The fourth-order valence-electron chi connectivity index (χ4n) is 1.42. The molecular formula is C10H5F5N2O2. The molecule has 0 radical (unpaired) electrons. The molecule has 0 aliphatic carbocycles. The Morgan fingerprint density at radius 3 is 2.42 bits per heavy atom. The van der Waals surface area contributed by atoms with E-state index in [2.05, 4.69) is 4.98 Å². The minimum absolute atomic E-state index is 0.350. The van der Waals surface area contributed by atoms with Crippen LogP contribution in [0.4, 0.5) is 22.0 Å². The highest BCUT2D eigenvalue weighted by Crippen LogP contribution is 2.38. The van der Waals surface area contributed by atoms with Gasteiger partial charge in [-0.05, 0) is 6.07 Å².